The second-order valence-electron chi connectivity index (χ2n) is 6.04. The van der Waals surface area contributed by atoms with E-state index in [0.717, 1.165) is 21.9 Å². The van der Waals surface area contributed by atoms with E-state index in [2.05, 4.69) is 0 Å². The minimum absolute atomic E-state index is 0. The summed E-state index contributed by atoms with van der Waals surface area (Å²) in [5.41, 5.74) is 0.928. The van der Waals surface area contributed by atoms with Crippen molar-refractivity contribution < 1.29 is 30.8 Å². The molecule has 2 aromatic heterocycles. The van der Waals surface area contributed by atoms with E-state index in [1.165, 1.54) is 0 Å². The first-order chi connectivity index (χ1) is 12.1. The summed E-state index contributed by atoms with van der Waals surface area (Å²) in [6.45, 7) is 2.03. The van der Waals surface area contributed by atoms with E-state index >= 15 is 0 Å². The molecular weight excluding hydrogens is 394 g/mol. The number of aromatic nitrogens is 1. The van der Waals surface area contributed by atoms with Crippen LogP contribution in [0.25, 0.3) is 21.7 Å². The maximum Gasteiger partial charge on any atom is 0.347 e. The van der Waals surface area contributed by atoms with Crippen molar-refractivity contribution in [2.45, 2.75) is 13.5 Å². The van der Waals surface area contributed by atoms with Crippen molar-refractivity contribution in [2.24, 2.45) is 0 Å². The monoisotopic (exact) mass is 409 g/mol. The van der Waals surface area contributed by atoms with Crippen LogP contribution < -0.4 is 27.2 Å². The topological polar surface area (TPSA) is 51.2 Å². The molecule has 0 spiro atoms. The lowest BCUT2D eigenvalue weighted by Gasteiger charge is -2.05. The van der Waals surface area contributed by atoms with Crippen LogP contribution in [-0.4, -0.2) is 5.78 Å². The zero-order valence-corrected chi connectivity index (χ0v) is 15.7. The molecule has 0 bridgehead atoms. The first kappa shape index (κ1) is 18.0. The zero-order valence-electron chi connectivity index (χ0n) is 14.1. The number of carbonyl (C=O) groups is 1. The molecule has 2 aromatic carbocycles. The van der Waals surface area contributed by atoms with E-state index in [0.29, 0.717) is 5.58 Å². The third-order valence-corrected chi connectivity index (χ3v) is 4.42. The Labute approximate surface area is 160 Å². The first-order valence-corrected chi connectivity index (χ1v) is 8.07. The Morgan fingerprint density at radius 3 is 2.58 bits per heavy atom. The quantitative estimate of drug-likeness (QED) is 0.213. The van der Waals surface area contributed by atoms with E-state index in [1.807, 2.05) is 66.2 Å². The number of fused-ring (bicyclic) bond motifs is 3. The standard InChI is InChI=1S/C21H16NO3.BrH/c1-14-6-4-5-11-22(14)13-19(23)18-12-17-16-8-3-2-7-15(16)9-10-20(17)25-21(18)24;/h2-12H,13H2,1H3;1H/q+1;/p-1. The van der Waals surface area contributed by atoms with E-state index in [1.54, 1.807) is 12.1 Å². The lowest BCUT2D eigenvalue weighted by Crippen LogP contribution is -3.00. The van der Waals surface area contributed by atoms with Crippen LogP contribution in [0.5, 0.6) is 0 Å². The average molecular weight is 410 g/mol. The van der Waals surface area contributed by atoms with Crippen LogP contribution in [0.3, 0.4) is 0 Å². The first-order valence-electron chi connectivity index (χ1n) is 8.07. The Morgan fingerprint density at radius 1 is 1.00 bits per heavy atom. The smallest absolute Gasteiger partial charge is 0.347 e. The van der Waals surface area contributed by atoms with Gasteiger partial charge in [-0.15, -0.1) is 0 Å². The van der Waals surface area contributed by atoms with Crippen LogP contribution in [0.2, 0.25) is 0 Å². The number of benzene rings is 2. The maximum atomic E-state index is 12.7. The Kier molecular flexibility index (Phi) is 5.00. The Bertz CT molecular complexity index is 1180. The fourth-order valence-electron chi connectivity index (χ4n) is 3.04. The molecule has 5 heteroatoms. The molecule has 0 unspecified atom stereocenters. The predicted octanol–water partition coefficient (Wildman–Crippen LogP) is 0.429. The molecule has 4 rings (SSSR count). The molecule has 4 aromatic rings. The summed E-state index contributed by atoms with van der Waals surface area (Å²) in [7, 11) is 0. The van der Waals surface area contributed by atoms with Gasteiger partial charge in [0.1, 0.15) is 11.1 Å². The molecule has 0 aliphatic heterocycles. The second kappa shape index (κ2) is 7.22. The fourth-order valence-corrected chi connectivity index (χ4v) is 3.04. The number of pyridine rings is 1. The molecule has 0 fully saturated rings. The van der Waals surface area contributed by atoms with Gasteiger partial charge in [0.15, 0.2) is 11.9 Å². The van der Waals surface area contributed by atoms with E-state index in [4.69, 9.17) is 4.42 Å². The minimum atomic E-state index is -0.595. The van der Waals surface area contributed by atoms with Gasteiger partial charge in [-0.25, -0.2) is 4.79 Å². The highest BCUT2D eigenvalue weighted by Crippen LogP contribution is 2.25. The van der Waals surface area contributed by atoms with Crippen molar-refractivity contribution in [1.82, 2.24) is 0 Å². The molecular formula is C21H16BrNO3. The van der Waals surface area contributed by atoms with Gasteiger partial charge < -0.3 is 21.4 Å². The molecule has 130 valence electrons. The highest BCUT2D eigenvalue weighted by atomic mass is 79.9. The third-order valence-electron chi connectivity index (χ3n) is 4.42. The van der Waals surface area contributed by atoms with Crippen LogP contribution in [-0.2, 0) is 6.54 Å². The number of carbonyl (C=O) groups excluding carboxylic acids is 1. The van der Waals surface area contributed by atoms with Crippen molar-refractivity contribution in [3.05, 3.63) is 88.5 Å². The molecule has 0 saturated carbocycles. The molecule has 0 atom stereocenters. The highest BCUT2D eigenvalue weighted by Gasteiger charge is 2.19. The van der Waals surface area contributed by atoms with Crippen molar-refractivity contribution in [3.63, 3.8) is 0 Å². The maximum absolute atomic E-state index is 12.7. The van der Waals surface area contributed by atoms with Crippen molar-refractivity contribution in [2.75, 3.05) is 0 Å². The van der Waals surface area contributed by atoms with Crippen LogP contribution >= 0.6 is 0 Å². The molecule has 0 N–H and O–H groups in total. The number of hydrogen-bond acceptors (Lipinski definition) is 3. The van der Waals surface area contributed by atoms with Gasteiger partial charge >= 0.3 is 5.63 Å². The van der Waals surface area contributed by atoms with Crippen molar-refractivity contribution in [3.8, 4) is 0 Å². The lowest BCUT2D eigenvalue weighted by molar-refractivity contribution is -0.689. The van der Waals surface area contributed by atoms with Gasteiger partial charge in [0.05, 0.1) is 0 Å². The number of hydrogen-bond donors (Lipinski definition) is 0. The van der Waals surface area contributed by atoms with E-state index in [-0.39, 0.29) is 34.9 Å². The van der Waals surface area contributed by atoms with E-state index < -0.39 is 5.63 Å². The second-order valence-corrected chi connectivity index (χ2v) is 6.04. The van der Waals surface area contributed by atoms with Gasteiger partial charge in [0, 0.05) is 24.4 Å². The molecule has 2 heterocycles. The van der Waals surface area contributed by atoms with Gasteiger partial charge in [0.25, 0.3) is 0 Å². The number of ketones is 1. The summed E-state index contributed by atoms with van der Waals surface area (Å²) in [5.74, 6) is -0.261. The Morgan fingerprint density at radius 2 is 1.77 bits per heavy atom. The van der Waals surface area contributed by atoms with Crippen molar-refractivity contribution in [1.29, 1.82) is 0 Å². The SMILES string of the molecule is Cc1cccc[n+]1CC(=O)c1cc2c(ccc3ccccc32)oc1=O.[Br-]. The number of aryl methyl sites for hydroxylation is 1. The zero-order chi connectivity index (χ0) is 17.4. The van der Waals surface area contributed by atoms with Crippen molar-refractivity contribution >= 4 is 27.5 Å². The molecule has 0 aliphatic carbocycles. The molecule has 0 saturated heterocycles. The Balaban J connectivity index is 0.00000196. The van der Waals surface area contributed by atoms with Crippen LogP contribution in [0.1, 0.15) is 16.1 Å². The number of Topliss-reactive ketones (excluding diaryl/α,β-unsaturated/α-hetero) is 1. The van der Waals surface area contributed by atoms with Crippen LogP contribution in [0, 0.1) is 6.92 Å². The van der Waals surface area contributed by atoms with Gasteiger partial charge in [-0.3, -0.25) is 4.79 Å². The summed E-state index contributed by atoms with van der Waals surface area (Å²) in [6, 6.07) is 18.9. The molecule has 0 amide bonds. The minimum Gasteiger partial charge on any atom is -1.00 e. The third kappa shape index (κ3) is 3.18. The number of halogens is 1. The van der Waals surface area contributed by atoms with Gasteiger partial charge in [-0.2, -0.15) is 4.57 Å². The average Bonchev–Trinajstić information content (AvgIpc) is 2.62. The summed E-state index contributed by atoms with van der Waals surface area (Å²) in [5, 5.41) is 2.77. The molecule has 4 nitrogen and oxygen atoms in total. The summed E-state index contributed by atoms with van der Waals surface area (Å²) in [4.78, 5) is 25.0. The highest BCUT2D eigenvalue weighted by molar-refractivity contribution is 6.08. The lowest BCUT2D eigenvalue weighted by atomic mass is 10.0. The largest absolute Gasteiger partial charge is 1.00 e. The molecule has 0 aliphatic rings. The van der Waals surface area contributed by atoms with E-state index in [9.17, 15) is 9.59 Å². The summed E-state index contributed by atoms with van der Waals surface area (Å²) < 4.78 is 7.22. The fraction of sp³-hybridized carbons (Fsp3) is 0.0952. The van der Waals surface area contributed by atoms with Crippen LogP contribution in [0.4, 0.5) is 0 Å². The Hall–Kier alpha value is -2.79. The normalized spacial score (nSPS) is 10.7. The molecule has 26 heavy (non-hydrogen) atoms. The van der Waals surface area contributed by atoms with Gasteiger partial charge in [-0.05, 0) is 22.9 Å². The summed E-state index contributed by atoms with van der Waals surface area (Å²) in [6.07, 6.45) is 1.82. The number of rotatable bonds is 3. The van der Waals surface area contributed by atoms with Crippen LogP contribution in [0.15, 0.2) is 76.1 Å². The molecule has 0 radical (unpaired) electrons. The number of nitrogens with zero attached hydrogens (tertiary/aromatic N) is 1. The van der Waals surface area contributed by atoms with Gasteiger partial charge in [0.2, 0.25) is 12.3 Å². The predicted molar refractivity (Wildman–Crippen MR) is 95.7 cm³/mol. The summed E-state index contributed by atoms with van der Waals surface area (Å²) >= 11 is 0. The van der Waals surface area contributed by atoms with Gasteiger partial charge in [-0.1, -0.05) is 36.4 Å².